The van der Waals surface area contributed by atoms with Gasteiger partial charge >= 0.3 is 0 Å². The molecule has 0 bridgehead atoms. The van der Waals surface area contributed by atoms with Crippen molar-refractivity contribution in [2.45, 2.75) is 26.7 Å². The van der Waals surface area contributed by atoms with Crippen molar-refractivity contribution in [3.8, 4) is 0 Å². The third-order valence-corrected chi connectivity index (χ3v) is 5.22. The Morgan fingerprint density at radius 1 is 1.07 bits per heavy atom. The first-order valence-corrected chi connectivity index (χ1v) is 9.59. The SMILES string of the molecule is C/C=C\C=C1/C(=N)C(C)=Cc2c1nc(CCc1ccc3ccccc3n1)n2C. The topological polar surface area (TPSA) is 54.6 Å². The number of allylic oxidation sites excluding steroid dienone is 5. The smallest absolute Gasteiger partial charge is 0.110 e. The Morgan fingerprint density at radius 3 is 2.71 bits per heavy atom. The minimum Gasteiger partial charge on any atom is -0.331 e. The number of hydrogen-bond acceptors (Lipinski definition) is 3. The third kappa shape index (κ3) is 3.22. The van der Waals surface area contributed by atoms with Gasteiger partial charge in [-0.15, -0.1) is 0 Å². The number of aromatic nitrogens is 3. The first-order valence-electron chi connectivity index (χ1n) is 9.59. The monoisotopic (exact) mass is 368 g/mol. The van der Waals surface area contributed by atoms with Crippen LogP contribution < -0.4 is 0 Å². The van der Waals surface area contributed by atoms with Gasteiger partial charge in [-0.2, -0.15) is 0 Å². The van der Waals surface area contributed by atoms with E-state index in [-0.39, 0.29) is 0 Å². The van der Waals surface area contributed by atoms with Crippen molar-refractivity contribution >= 4 is 28.3 Å². The highest BCUT2D eigenvalue weighted by molar-refractivity contribution is 6.33. The molecule has 0 aliphatic heterocycles. The van der Waals surface area contributed by atoms with E-state index in [4.69, 9.17) is 15.4 Å². The first-order chi connectivity index (χ1) is 13.6. The van der Waals surface area contributed by atoms with E-state index in [0.29, 0.717) is 5.71 Å². The maximum absolute atomic E-state index is 8.42. The minimum absolute atomic E-state index is 0.548. The van der Waals surface area contributed by atoms with Gasteiger partial charge in [-0.1, -0.05) is 42.5 Å². The standard InChI is InChI=1S/C24H24N4/c1-4-5-9-19-23(25)16(2)15-21-24(19)27-22(28(21)3)14-13-18-12-11-17-8-6-7-10-20(17)26-18/h4-12,15,25H,13-14H2,1-3H3/b5-4-,19-9+,25-23?. The summed E-state index contributed by atoms with van der Waals surface area (Å²) in [5.74, 6) is 1.02. The molecule has 1 aliphatic carbocycles. The number of aryl methyl sites for hydroxylation is 2. The number of hydrogen-bond donors (Lipinski definition) is 1. The molecule has 0 unspecified atom stereocenters. The Balaban J connectivity index is 1.64. The van der Waals surface area contributed by atoms with Crippen molar-refractivity contribution < 1.29 is 0 Å². The summed E-state index contributed by atoms with van der Waals surface area (Å²) in [5.41, 5.74) is 6.48. The Kier molecular flexibility index (Phi) is 4.78. The lowest BCUT2D eigenvalue weighted by Crippen LogP contribution is -2.10. The highest BCUT2D eigenvalue weighted by atomic mass is 15.1. The number of para-hydroxylation sites is 1. The number of nitrogens with zero attached hydrogens (tertiary/aromatic N) is 3. The lowest BCUT2D eigenvalue weighted by Gasteiger charge is -2.15. The zero-order valence-corrected chi connectivity index (χ0v) is 16.5. The van der Waals surface area contributed by atoms with E-state index < -0.39 is 0 Å². The largest absolute Gasteiger partial charge is 0.331 e. The van der Waals surface area contributed by atoms with Gasteiger partial charge in [0, 0.05) is 30.1 Å². The van der Waals surface area contributed by atoms with Gasteiger partial charge in [0.05, 0.1) is 22.6 Å². The zero-order valence-electron chi connectivity index (χ0n) is 16.5. The number of fused-ring (bicyclic) bond motifs is 2. The second kappa shape index (κ2) is 7.39. The summed E-state index contributed by atoms with van der Waals surface area (Å²) >= 11 is 0. The summed E-state index contributed by atoms with van der Waals surface area (Å²) in [6.45, 7) is 3.97. The molecule has 2 heterocycles. The number of pyridine rings is 1. The van der Waals surface area contributed by atoms with Gasteiger partial charge in [-0.05, 0) is 44.1 Å². The summed E-state index contributed by atoms with van der Waals surface area (Å²) < 4.78 is 2.15. The van der Waals surface area contributed by atoms with E-state index in [0.717, 1.165) is 57.8 Å². The first kappa shape index (κ1) is 18.1. The maximum atomic E-state index is 8.42. The van der Waals surface area contributed by atoms with Crippen molar-refractivity contribution in [3.05, 3.63) is 83.1 Å². The predicted octanol–water partition coefficient (Wildman–Crippen LogP) is 5.15. The van der Waals surface area contributed by atoms with Crippen LogP contribution in [-0.2, 0) is 19.9 Å². The molecule has 28 heavy (non-hydrogen) atoms. The van der Waals surface area contributed by atoms with Crippen LogP contribution in [0.3, 0.4) is 0 Å². The van der Waals surface area contributed by atoms with Crippen LogP contribution in [0.15, 0.2) is 60.2 Å². The molecular formula is C24H24N4. The molecule has 0 spiro atoms. The van der Waals surface area contributed by atoms with Crippen molar-refractivity contribution in [3.63, 3.8) is 0 Å². The summed E-state index contributed by atoms with van der Waals surface area (Å²) in [6, 6.07) is 12.4. The Hall–Kier alpha value is -3.27. The molecule has 4 heteroatoms. The molecule has 2 aromatic heterocycles. The molecule has 0 radical (unpaired) electrons. The van der Waals surface area contributed by atoms with Crippen LogP contribution in [0.25, 0.3) is 22.6 Å². The molecule has 4 nitrogen and oxygen atoms in total. The van der Waals surface area contributed by atoms with Gasteiger partial charge in [0.1, 0.15) is 5.82 Å². The lowest BCUT2D eigenvalue weighted by molar-refractivity contribution is 0.759. The maximum Gasteiger partial charge on any atom is 0.110 e. The molecule has 0 fully saturated rings. The molecule has 0 atom stereocenters. The Morgan fingerprint density at radius 2 is 1.89 bits per heavy atom. The van der Waals surface area contributed by atoms with Crippen LogP contribution >= 0.6 is 0 Å². The summed E-state index contributed by atoms with van der Waals surface area (Å²) in [4.78, 5) is 9.67. The second-order valence-electron chi connectivity index (χ2n) is 7.12. The fourth-order valence-corrected chi connectivity index (χ4v) is 3.60. The van der Waals surface area contributed by atoms with E-state index >= 15 is 0 Å². The van der Waals surface area contributed by atoms with E-state index in [1.165, 1.54) is 0 Å². The second-order valence-corrected chi connectivity index (χ2v) is 7.12. The fraction of sp³-hybridized carbons (Fsp3) is 0.208. The van der Waals surface area contributed by atoms with Crippen LogP contribution in [0.1, 0.15) is 36.8 Å². The number of benzene rings is 1. The van der Waals surface area contributed by atoms with E-state index in [1.807, 2.05) is 44.2 Å². The molecule has 1 N–H and O–H groups in total. The van der Waals surface area contributed by atoms with E-state index in [9.17, 15) is 0 Å². The molecule has 1 aliphatic rings. The van der Waals surface area contributed by atoms with Crippen molar-refractivity contribution in [2.24, 2.45) is 7.05 Å². The van der Waals surface area contributed by atoms with Crippen LogP contribution in [-0.4, -0.2) is 20.2 Å². The van der Waals surface area contributed by atoms with Crippen molar-refractivity contribution in [1.29, 1.82) is 5.41 Å². The highest BCUT2D eigenvalue weighted by Gasteiger charge is 2.24. The molecular weight excluding hydrogens is 344 g/mol. The third-order valence-electron chi connectivity index (χ3n) is 5.22. The van der Waals surface area contributed by atoms with Crippen LogP contribution in [0.2, 0.25) is 0 Å². The fourth-order valence-electron chi connectivity index (χ4n) is 3.60. The van der Waals surface area contributed by atoms with Gasteiger partial charge in [0.2, 0.25) is 0 Å². The molecule has 0 amide bonds. The van der Waals surface area contributed by atoms with Gasteiger partial charge < -0.3 is 4.57 Å². The molecule has 0 saturated heterocycles. The summed E-state index contributed by atoms with van der Waals surface area (Å²) in [5, 5.41) is 9.59. The van der Waals surface area contributed by atoms with E-state index in [1.54, 1.807) is 0 Å². The Bertz CT molecular complexity index is 1160. The summed E-state index contributed by atoms with van der Waals surface area (Å²) in [6.07, 6.45) is 9.64. The van der Waals surface area contributed by atoms with Gasteiger partial charge in [0.15, 0.2) is 0 Å². The predicted molar refractivity (Wildman–Crippen MR) is 117 cm³/mol. The summed E-state index contributed by atoms with van der Waals surface area (Å²) in [7, 11) is 2.06. The normalized spacial score (nSPS) is 15.5. The lowest BCUT2D eigenvalue weighted by atomic mass is 9.93. The van der Waals surface area contributed by atoms with Crippen molar-refractivity contribution in [2.75, 3.05) is 0 Å². The number of imidazole rings is 1. The molecule has 4 rings (SSSR count). The quantitative estimate of drug-likeness (QED) is 0.692. The zero-order chi connectivity index (χ0) is 19.7. The number of rotatable bonds is 4. The van der Waals surface area contributed by atoms with Gasteiger partial charge in [0.25, 0.3) is 0 Å². The van der Waals surface area contributed by atoms with Gasteiger partial charge in [-0.25, -0.2) is 4.98 Å². The highest BCUT2D eigenvalue weighted by Crippen LogP contribution is 2.30. The minimum atomic E-state index is 0.548. The molecule has 140 valence electrons. The molecule has 0 saturated carbocycles. The van der Waals surface area contributed by atoms with Crippen LogP contribution in [0.4, 0.5) is 0 Å². The van der Waals surface area contributed by atoms with Gasteiger partial charge in [-0.3, -0.25) is 10.4 Å². The van der Waals surface area contributed by atoms with Crippen LogP contribution in [0.5, 0.6) is 0 Å². The average Bonchev–Trinajstić information content (AvgIpc) is 3.02. The average molecular weight is 368 g/mol. The van der Waals surface area contributed by atoms with Crippen LogP contribution in [0, 0.1) is 5.41 Å². The molecule has 1 aromatic carbocycles. The Labute approximate surface area is 165 Å². The number of nitrogens with one attached hydrogen (secondary N) is 1. The van der Waals surface area contributed by atoms with E-state index in [2.05, 4.69) is 42.0 Å². The molecule has 3 aromatic rings. The van der Waals surface area contributed by atoms with Crippen molar-refractivity contribution in [1.82, 2.24) is 14.5 Å².